The van der Waals surface area contributed by atoms with Crippen molar-refractivity contribution in [2.75, 3.05) is 0 Å². The van der Waals surface area contributed by atoms with E-state index in [1.807, 2.05) is 24.3 Å². The third kappa shape index (κ3) is 2.20. The van der Waals surface area contributed by atoms with Crippen molar-refractivity contribution in [3.63, 3.8) is 0 Å². The Morgan fingerprint density at radius 3 is 2.74 bits per heavy atom. The first-order chi connectivity index (χ1) is 9.15. The van der Waals surface area contributed by atoms with E-state index >= 15 is 0 Å². The Morgan fingerprint density at radius 2 is 2.00 bits per heavy atom. The van der Waals surface area contributed by atoms with Crippen LogP contribution in [0.25, 0.3) is 20.8 Å². The molecule has 1 N–H and O–H groups in total. The molecule has 0 atom stereocenters. The molecule has 3 nitrogen and oxygen atoms in total. The fourth-order valence-electron chi connectivity index (χ4n) is 1.87. The van der Waals surface area contributed by atoms with Gasteiger partial charge in [0.1, 0.15) is 5.01 Å². The van der Waals surface area contributed by atoms with Crippen LogP contribution in [0, 0.1) is 0 Å². The molecule has 0 fully saturated rings. The molecule has 0 saturated carbocycles. The minimum Gasteiger partial charge on any atom is -0.478 e. The van der Waals surface area contributed by atoms with Crippen molar-refractivity contribution < 1.29 is 9.90 Å². The molecular weight excluding hydrogens is 282 g/mol. The molecular formula is C14H8ClNO2S. The normalized spacial score (nSPS) is 10.8. The van der Waals surface area contributed by atoms with Crippen LogP contribution in [-0.4, -0.2) is 16.1 Å². The summed E-state index contributed by atoms with van der Waals surface area (Å²) >= 11 is 7.41. The largest absolute Gasteiger partial charge is 0.478 e. The van der Waals surface area contributed by atoms with Crippen LogP contribution in [0.2, 0.25) is 5.02 Å². The fraction of sp³-hybridized carbons (Fsp3) is 0. The van der Waals surface area contributed by atoms with Gasteiger partial charge in [0.15, 0.2) is 0 Å². The van der Waals surface area contributed by atoms with Crippen LogP contribution in [0.1, 0.15) is 10.4 Å². The first-order valence-corrected chi connectivity index (χ1v) is 6.73. The maximum Gasteiger partial charge on any atom is 0.336 e. The van der Waals surface area contributed by atoms with E-state index in [4.69, 9.17) is 11.6 Å². The van der Waals surface area contributed by atoms with E-state index in [2.05, 4.69) is 4.98 Å². The number of nitrogens with zero attached hydrogens (tertiary/aromatic N) is 1. The van der Waals surface area contributed by atoms with Gasteiger partial charge in [-0.15, -0.1) is 11.3 Å². The third-order valence-corrected chi connectivity index (χ3v) is 4.04. The summed E-state index contributed by atoms with van der Waals surface area (Å²) in [5.74, 6) is -0.981. The van der Waals surface area contributed by atoms with E-state index in [0.717, 1.165) is 10.2 Å². The summed E-state index contributed by atoms with van der Waals surface area (Å²) in [7, 11) is 0. The van der Waals surface area contributed by atoms with Crippen LogP contribution < -0.4 is 0 Å². The molecule has 0 spiro atoms. The van der Waals surface area contributed by atoms with Crippen LogP contribution >= 0.6 is 22.9 Å². The van der Waals surface area contributed by atoms with Crippen LogP contribution in [-0.2, 0) is 0 Å². The molecule has 0 amide bonds. The first-order valence-electron chi connectivity index (χ1n) is 5.54. The lowest BCUT2D eigenvalue weighted by molar-refractivity contribution is 0.0698. The van der Waals surface area contributed by atoms with Crippen molar-refractivity contribution in [1.82, 2.24) is 4.98 Å². The molecule has 0 aliphatic carbocycles. The number of hydrogen-bond acceptors (Lipinski definition) is 3. The molecule has 0 radical (unpaired) electrons. The predicted octanol–water partition coefficient (Wildman–Crippen LogP) is 4.31. The van der Waals surface area contributed by atoms with Gasteiger partial charge in [-0.25, -0.2) is 9.78 Å². The summed E-state index contributed by atoms with van der Waals surface area (Å²) in [4.78, 5) is 15.7. The van der Waals surface area contributed by atoms with Crippen molar-refractivity contribution in [2.24, 2.45) is 0 Å². The van der Waals surface area contributed by atoms with E-state index in [1.54, 1.807) is 12.1 Å². The van der Waals surface area contributed by atoms with Gasteiger partial charge in [-0.2, -0.15) is 0 Å². The Morgan fingerprint density at radius 1 is 1.21 bits per heavy atom. The van der Waals surface area contributed by atoms with Crippen LogP contribution in [0.4, 0.5) is 0 Å². The Kier molecular flexibility index (Phi) is 2.97. The molecule has 0 aliphatic heterocycles. The molecule has 0 aliphatic rings. The molecule has 3 rings (SSSR count). The second kappa shape index (κ2) is 4.64. The van der Waals surface area contributed by atoms with Gasteiger partial charge < -0.3 is 5.11 Å². The fourth-order valence-corrected chi connectivity index (χ4v) is 3.04. The summed E-state index contributed by atoms with van der Waals surface area (Å²) in [5.41, 5.74) is 1.63. The van der Waals surface area contributed by atoms with E-state index in [-0.39, 0.29) is 5.56 Å². The highest BCUT2D eigenvalue weighted by Crippen LogP contribution is 2.33. The maximum atomic E-state index is 11.3. The Labute approximate surface area is 118 Å². The zero-order valence-corrected chi connectivity index (χ0v) is 11.2. The van der Waals surface area contributed by atoms with E-state index in [9.17, 15) is 9.90 Å². The second-order valence-corrected chi connectivity index (χ2v) is 5.45. The highest BCUT2D eigenvalue weighted by atomic mass is 35.5. The van der Waals surface area contributed by atoms with Gasteiger partial charge in [0.2, 0.25) is 0 Å². The minimum atomic E-state index is -0.981. The molecule has 0 unspecified atom stereocenters. The highest BCUT2D eigenvalue weighted by molar-refractivity contribution is 7.21. The molecule has 1 aromatic heterocycles. The molecule has 1 heterocycles. The van der Waals surface area contributed by atoms with Gasteiger partial charge >= 0.3 is 5.97 Å². The molecule has 94 valence electrons. The van der Waals surface area contributed by atoms with Gasteiger partial charge in [0, 0.05) is 10.6 Å². The lowest BCUT2D eigenvalue weighted by atomic mass is 10.1. The van der Waals surface area contributed by atoms with Crippen LogP contribution in [0.5, 0.6) is 0 Å². The van der Waals surface area contributed by atoms with Crippen LogP contribution in [0.15, 0.2) is 42.5 Å². The lowest BCUT2D eigenvalue weighted by Gasteiger charge is -2.02. The maximum absolute atomic E-state index is 11.3. The third-order valence-electron chi connectivity index (χ3n) is 2.74. The molecule has 0 bridgehead atoms. The Hall–Kier alpha value is -1.91. The van der Waals surface area contributed by atoms with Crippen molar-refractivity contribution in [3.05, 3.63) is 53.1 Å². The standard InChI is InChI=1S/C14H8ClNO2S/c15-8-5-6-9(14(17)18)10(7-8)13-16-11-3-1-2-4-12(11)19-13/h1-7H,(H,17,18). The number of halogens is 1. The number of aromatic nitrogens is 1. The number of rotatable bonds is 2. The number of para-hydroxylation sites is 1. The number of thiazole rings is 1. The summed E-state index contributed by atoms with van der Waals surface area (Å²) in [6.45, 7) is 0. The Balaban J connectivity index is 2.25. The minimum absolute atomic E-state index is 0.212. The zero-order chi connectivity index (χ0) is 13.4. The molecule has 5 heteroatoms. The molecule has 19 heavy (non-hydrogen) atoms. The average Bonchev–Trinajstić information content (AvgIpc) is 2.81. The van der Waals surface area contributed by atoms with E-state index in [0.29, 0.717) is 15.6 Å². The number of hydrogen-bond donors (Lipinski definition) is 1. The first kappa shape index (κ1) is 12.1. The SMILES string of the molecule is O=C(O)c1ccc(Cl)cc1-c1nc2ccccc2s1. The zero-order valence-electron chi connectivity index (χ0n) is 9.63. The quantitative estimate of drug-likeness (QED) is 0.764. The summed E-state index contributed by atoms with van der Waals surface area (Å²) in [5, 5.41) is 10.4. The molecule has 2 aromatic carbocycles. The number of carbonyl (C=O) groups is 1. The number of benzene rings is 2. The Bertz CT molecular complexity index is 749. The number of carboxylic acid groups (broad SMARTS) is 1. The number of fused-ring (bicyclic) bond motifs is 1. The summed E-state index contributed by atoms with van der Waals surface area (Å²) < 4.78 is 1.02. The molecule has 0 saturated heterocycles. The number of aromatic carboxylic acids is 1. The van der Waals surface area contributed by atoms with Gasteiger partial charge in [-0.1, -0.05) is 23.7 Å². The lowest BCUT2D eigenvalue weighted by Crippen LogP contribution is -1.99. The van der Waals surface area contributed by atoms with Gasteiger partial charge in [0.25, 0.3) is 0 Å². The van der Waals surface area contributed by atoms with Crippen molar-refractivity contribution >= 4 is 39.1 Å². The van der Waals surface area contributed by atoms with Gasteiger partial charge in [-0.05, 0) is 30.3 Å². The monoisotopic (exact) mass is 289 g/mol. The van der Waals surface area contributed by atoms with Gasteiger partial charge in [-0.3, -0.25) is 0 Å². The summed E-state index contributed by atoms with van der Waals surface area (Å²) in [6, 6.07) is 12.4. The number of carboxylic acids is 1. The smallest absolute Gasteiger partial charge is 0.336 e. The van der Waals surface area contributed by atoms with Crippen LogP contribution in [0.3, 0.4) is 0 Å². The van der Waals surface area contributed by atoms with E-state index < -0.39 is 5.97 Å². The van der Waals surface area contributed by atoms with Crippen molar-refractivity contribution in [1.29, 1.82) is 0 Å². The van der Waals surface area contributed by atoms with E-state index in [1.165, 1.54) is 17.4 Å². The second-order valence-electron chi connectivity index (χ2n) is 3.98. The summed E-state index contributed by atoms with van der Waals surface area (Å²) in [6.07, 6.45) is 0. The highest BCUT2D eigenvalue weighted by Gasteiger charge is 2.15. The predicted molar refractivity (Wildman–Crippen MR) is 77.0 cm³/mol. The topological polar surface area (TPSA) is 50.2 Å². The average molecular weight is 290 g/mol. The van der Waals surface area contributed by atoms with Crippen molar-refractivity contribution in [2.45, 2.75) is 0 Å². The molecule has 3 aromatic rings. The van der Waals surface area contributed by atoms with Crippen molar-refractivity contribution in [3.8, 4) is 10.6 Å². The van der Waals surface area contributed by atoms with Gasteiger partial charge in [0.05, 0.1) is 15.8 Å².